The van der Waals surface area contributed by atoms with Crippen LogP contribution in [-0.2, 0) is 0 Å². The summed E-state index contributed by atoms with van der Waals surface area (Å²) in [5, 5.41) is 1.08. The lowest BCUT2D eigenvalue weighted by Gasteiger charge is -2.36. The van der Waals surface area contributed by atoms with Crippen molar-refractivity contribution in [1.82, 2.24) is 9.88 Å². The van der Waals surface area contributed by atoms with Gasteiger partial charge in [0.25, 0.3) is 5.91 Å². The molecule has 0 radical (unpaired) electrons. The van der Waals surface area contributed by atoms with E-state index in [-0.39, 0.29) is 5.91 Å². The van der Waals surface area contributed by atoms with E-state index in [2.05, 4.69) is 34.1 Å². The second kappa shape index (κ2) is 5.80. The molecule has 4 rings (SSSR count). The van der Waals surface area contributed by atoms with Crippen LogP contribution in [0, 0.1) is 0 Å². The van der Waals surface area contributed by atoms with Crippen molar-refractivity contribution in [3.05, 3.63) is 66.4 Å². The van der Waals surface area contributed by atoms with Crippen LogP contribution >= 0.6 is 0 Å². The molecule has 4 nitrogen and oxygen atoms in total. The molecule has 1 aromatic heterocycles. The number of carbonyl (C=O) groups excluding carboxylic acids is 1. The van der Waals surface area contributed by atoms with Crippen LogP contribution in [0.15, 0.2) is 60.8 Å². The van der Waals surface area contributed by atoms with Gasteiger partial charge in [0.15, 0.2) is 0 Å². The molecule has 2 aromatic carbocycles. The van der Waals surface area contributed by atoms with E-state index in [1.54, 1.807) is 0 Å². The summed E-state index contributed by atoms with van der Waals surface area (Å²) >= 11 is 0. The number of hydrogen-bond acceptors (Lipinski definition) is 2. The van der Waals surface area contributed by atoms with Crippen molar-refractivity contribution in [2.24, 2.45) is 0 Å². The van der Waals surface area contributed by atoms with Crippen molar-refractivity contribution in [3.8, 4) is 0 Å². The third-order valence-electron chi connectivity index (χ3n) is 4.49. The van der Waals surface area contributed by atoms with E-state index in [4.69, 9.17) is 0 Å². The van der Waals surface area contributed by atoms with Gasteiger partial charge in [-0.05, 0) is 36.4 Å². The number of carbonyl (C=O) groups is 1. The van der Waals surface area contributed by atoms with E-state index in [0.717, 1.165) is 42.6 Å². The molecule has 1 aliphatic rings. The van der Waals surface area contributed by atoms with Gasteiger partial charge in [0.2, 0.25) is 0 Å². The van der Waals surface area contributed by atoms with Gasteiger partial charge in [-0.1, -0.05) is 18.2 Å². The zero-order chi connectivity index (χ0) is 15.6. The number of piperazine rings is 1. The molecule has 1 aliphatic heterocycles. The van der Waals surface area contributed by atoms with Crippen LogP contribution in [0.1, 0.15) is 10.4 Å². The van der Waals surface area contributed by atoms with Gasteiger partial charge in [0.05, 0.1) is 0 Å². The lowest BCUT2D eigenvalue weighted by atomic mass is 10.1. The fourth-order valence-electron chi connectivity index (χ4n) is 3.18. The number of nitrogens with zero attached hydrogens (tertiary/aromatic N) is 2. The van der Waals surface area contributed by atoms with Crippen molar-refractivity contribution in [2.75, 3.05) is 31.1 Å². The Morgan fingerprint density at radius 3 is 2.48 bits per heavy atom. The second-order valence-electron chi connectivity index (χ2n) is 5.89. The van der Waals surface area contributed by atoms with Gasteiger partial charge in [-0.15, -0.1) is 0 Å². The molecule has 23 heavy (non-hydrogen) atoms. The molecule has 4 heteroatoms. The quantitative estimate of drug-likeness (QED) is 0.790. The summed E-state index contributed by atoms with van der Waals surface area (Å²) in [5.74, 6) is 0.126. The summed E-state index contributed by atoms with van der Waals surface area (Å²) in [6.45, 7) is 3.28. The van der Waals surface area contributed by atoms with Crippen LogP contribution in [0.3, 0.4) is 0 Å². The molecular weight excluding hydrogens is 286 g/mol. The van der Waals surface area contributed by atoms with Crippen LogP contribution in [0.2, 0.25) is 0 Å². The van der Waals surface area contributed by atoms with E-state index in [1.807, 2.05) is 41.4 Å². The topological polar surface area (TPSA) is 39.3 Å². The number of aromatic nitrogens is 1. The number of H-pyrrole nitrogens is 1. The van der Waals surface area contributed by atoms with E-state index >= 15 is 0 Å². The Hall–Kier alpha value is -2.75. The molecule has 116 valence electrons. The summed E-state index contributed by atoms with van der Waals surface area (Å²) in [4.78, 5) is 20.1. The maximum absolute atomic E-state index is 12.7. The first kappa shape index (κ1) is 13.9. The smallest absolute Gasteiger partial charge is 0.253 e. The SMILES string of the molecule is O=C(c1ccc2[nH]ccc2c1)N1CCN(c2ccccc2)CC1. The molecule has 1 fully saturated rings. The monoisotopic (exact) mass is 305 g/mol. The Kier molecular flexibility index (Phi) is 3.50. The van der Waals surface area contributed by atoms with E-state index in [9.17, 15) is 4.79 Å². The van der Waals surface area contributed by atoms with Gasteiger partial charge < -0.3 is 14.8 Å². The molecule has 1 saturated heterocycles. The van der Waals surface area contributed by atoms with Gasteiger partial charge >= 0.3 is 0 Å². The third-order valence-corrected chi connectivity index (χ3v) is 4.49. The molecule has 3 aromatic rings. The van der Waals surface area contributed by atoms with Crippen molar-refractivity contribution in [1.29, 1.82) is 0 Å². The summed E-state index contributed by atoms with van der Waals surface area (Å²) in [6.07, 6.45) is 1.90. The number of hydrogen-bond donors (Lipinski definition) is 1. The van der Waals surface area contributed by atoms with Gasteiger partial charge in [-0.25, -0.2) is 0 Å². The number of nitrogens with one attached hydrogen (secondary N) is 1. The molecular formula is C19H19N3O. The predicted molar refractivity (Wildman–Crippen MR) is 92.9 cm³/mol. The minimum absolute atomic E-state index is 0.126. The lowest BCUT2D eigenvalue weighted by molar-refractivity contribution is 0.0747. The second-order valence-corrected chi connectivity index (χ2v) is 5.89. The molecule has 0 aliphatic carbocycles. The summed E-state index contributed by atoms with van der Waals surface area (Å²) in [5.41, 5.74) is 3.06. The fourth-order valence-corrected chi connectivity index (χ4v) is 3.18. The molecule has 1 N–H and O–H groups in total. The lowest BCUT2D eigenvalue weighted by Crippen LogP contribution is -2.48. The summed E-state index contributed by atoms with van der Waals surface area (Å²) < 4.78 is 0. The highest BCUT2D eigenvalue weighted by Crippen LogP contribution is 2.19. The molecule has 0 spiro atoms. The fraction of sp³-hybridized carbons (Fsp3) is 0.211. The largest absolute Gasteiger partial charge is 0.368 e. The van der Waals surface area contributed by atoms with Crippen LogP contribution in [0.5, 0.6) is 0 Å². The maximum Gasteiger partial charge on any atom is 0.253 e. The van der Waals surface area contributed by atoms with Crippen LogP contribution < -0.4 is 4.90 Å². The average Bonchev–Trinajstić information content (AvgIpc) is 3.10. The highest BCUT2D eigenvalue weighted by atomic mass is 16.2. The zero-order valence-corrected chi connectivity index (χ0v) is 12.9. The van der Waals surface area contributed by atoms with Crippen molar-refractivity contribution < 1.29 is 4.79 Å². The Balaban J connectivity index is 1.46. The average molecular weight is 305 g/mol. The molecule has 0 unspecified atom stereocenters. The molecule has 0 bridgehead atoms. The van der Waals surface area contributed by atoms with Crippen molar-refractivity contribution in [3.63, 3.8) is 0 Å². The Morgan fingerprint density at radius 1 is 0.913 bits per heavy atom. The normalized spacial score (nSPS) is 15.1. The first-order chi connectivity index (χ1) is 11.3. The van der Waals surface area contributed by atoms with Crippen LogP contribution in [-0.4, -0.2) is 42.0 Å². The van der Waals surface area contributed by atoms with Crippen molar-refractivity contribution >= 4 is 22.5 Å². The molecule has 0 saturated carbocycles. The summed E-state index contributed by atoms with van der Waals surface area (Å²) in [7, 11) is 0. The van der Waals surface area contributed by atoms with Crippen LogP contribution in [0.25, 0.3) is 10.9 Å². The minimum atomic E-state index is 0.126. The molecule has 1 amide bonds. The molecule has 0 atom stereocenters. The maximum atomic E-state index is 12.7. The van der Waals surface area contributed by atoms with E-state index in [0.29, 0.717) is 0 Å². The Labute approximate surface area is 135 Å². The van der Waals surface area contributed by atoms with E-state index in [1.165, 1.54) is 5.69 Å². The molecule has 2 heterocycles. The van der Waals surface area contributed by atoms with E-state index < -0.39 is 0 Å². The van der Waals surface area contributed by atoms with Crippen LogP contribution in [0.4, 0.5) is 5.69 Å². The van der Waals surface area contributed by atoms with Gasteiger partial charge in [-0.3, -0.25) is 4.79 Å². The van der Waals surface area contributed by atoms with Gasteiger partial charge in [0.1, 0.15) is 0 Å². The first-order valence-electron chi connectivity index (χ1n) is 7.98. The number of aromatic amines is 1. The number of rotatable bonds is 2. The Morgan fingerprint density at radius 2 is 1.70 bits per heavy atom. The van der Waals surface area contributed by atoms with Gasteiger partial charge in [0, 0.05) is 54.5 Å². The standard InChI is InChI=1S/C19H19N3O/c23-19(16-6-7-18-15(14-16)8-9-20-18)22-12-10-21(11-13-22)17-4-2-1-3-5-17/h1-9,14,20H,10-13H2. The van der Waals surface area contributed by atoms with Crippen molar-refractivity contribution in [2.45, 2.75) is 0 Å². The highest BCUT2D eigenvalue weighted by Gasteiger charge is 2.22. The minimum Gasteiger partial charge on any atom is -0.368 e. The number of benzene rings is 2. The number of fused-ring (bicyclic) bond motifs is 1. The number of amides is 1. The summed E-state index contributed by atoms with van der Waals surface area (Å²) in [6, 6.07) is 18.2. The Bertz CT molecular complexity index is 817. The highest BCUT2D eigenvalue weighted by molar-refractivity contribution is 5.98. The van der Waals surface area contributed by atoms with Gasteiger partial charge in [-0.2, -0.15) is 0 Å². The number of para-hydroxylation sites is 1. The third kappa shape index (κ3) is 2.68. The predicted octanol–water partition coefficient (Wildman–Crippen LogP) is 3.13. The zero-order valence-electron chi connectivity index (χ0n) is 12.9. The number of anilines is 1. The first-order valence-corrected chi connectivity index (χ1v) is 7.98.